The Morgan fingerprint density at radius 2 is 1.16 bits per heavy atom. The van der Waals surface area contributed by atoms with Crippen LogP contribution >= 0.6 is 46.4 Å². The van der Waals surface area contributed by atoms with Crippen molar-refractivity contribution in [3.05, 3.63) is 128 Å². The Morgan fingerprint density at radius 3 is 1.61 bits per heavy atom. The number of fused-ring (bicyclic) bond motifs is 2. The van der Waals surface area contributed by atoms with Crippen LogP contribution in [0.5, 0.6) is 11.5 Å². The van der Waals surface area contributed by atoms with Crippen LogP contribution in [-0.4, -0.2) is 90.1 Å². The van der Waals surface area contributed by atoms with Crippen LogP contribution in [0.2, 0.25) is 20.1 Å². The number of carboxylic acid groups (broad SMARTS) is 2. The highest BCUT2D eigenvalue weighted by Gasteiger charge is 2.38. The molecule has 70 heavy (non-hydrogen) atoms. The largest absolute Gasteiger partial charge is 0.490 e. The molecule has 0 spiro atoms. The average molecular weight is 1060 g/mol. The molecule has 1 amide bonds. The van der Waals surface area contributed by atoms with E-state index in [0.29, 0.717) is 70.6 Å². The van der Waals surface area contributed by atoms with Crippen molar-refractivity contribution in [2.45, 2.75) is 44.7 Å². The number of aliphatic carboxylic acids is 1. The molecule has 3 N–H and O–H groups in total. The number of carbonyl (C=O) groups is 5. The molecule has 2 aliphatic heterocycles. The molecule has 0 aliphatic carbocycles. The third-order valence-corrected chi connectivity index (χ3v) is 11.7. The van der Waals surface area contributed by atoms with E-state index in [-0.39, 0.29) is 63.9 Å². The van der Waals surface area contributed by atoms with Gasteiger partial charge in [-0.2, -0.15) is 13.2 Å². The fourth-order valence-electron chi connectivity index (χ4n) is 6.94. The topological polar surface area (TPSA) is 186 Å². The Balaban J connectivity index is 0.000000198. The van der Waals surface area contributed by atoms with E-state index in [1.165, 1.54) is 30.3 Å². The van der Waals surface area contributed by atoms with Crippen molar-refractivity contribution in [1.82, 2.24) is 10.2 Å². The monoisotopic (exact) mass is 1060 g/mol. The summed E-state index contributed by atoms with van der Waals surface area (Å²) in [5.41, 5.74) is 1.15. The number of aromatic carboxylic acids is 1. The molecule has 2 atom stereocenters. The van der Waals surface area contributed by atoms with E-state index in [0.717, 1.165) is 43.8 Å². The van der Waals surface area contributed by atoms with Gasteiger partial charge in [-0.3, -0.25) is 14.4 Å². The van der Waals surface area contributed by atoms with E-state index in [9.17, 15) is 41.1 Å². The molecule has 4 heterocycles. The summed E-state index contributed by atoms with van der Waals surface area (Å²) in [6.45, 7) is 3.10. The number of hydrogen-bond acceptors (Lipinski definition) is 10. The molecular weight excluding hydrogens is 1020 g/mol. The normalized spacial score (nSPS) is 15.2. The SMILES string of the molecule is O=C(CCC1CCN(C(=O)c2cc3cc(Cl)ccc3o2)C1)COc1ccc(Cl)c(F)c1.O=C(CCC1CCNC1)COc1ccc(Cl)c(F)c1.O=C(O)C(F)(F)F.O=C(O)c1cc2cc(Cl)ccc2o1. The average Bonchev–Trinajstić information content (AvgIpc) is 4.16. The number of benzene rings is 4. The van der Waals surface area contributed by atoms with Crippen molar-refractivity contribution in [2.24, 2.45) is 11.8 Å². The molecule has 22 heteroatoms. The van der Waals surface area contributed by atoms with Gasteiger partial charge in [-0.05, 0) is 123 Å². The number of rotatable bonds is 14. The first-order valence-corrected chi connectivity index (χ1v) is 22.8. The van der Waals surface area contributed by atoms with Gasteiger partial charge >= 0.3 is 18.1 Å². The molecule has 374 valence electrons. The van der Waals surface area contributed by atoms with E-state index in [4.69, 9.17) is 79.7 Å². The van der Waals surface area contributed by atoms with Gasteiger partial charge < -0.3 is 38.7 Å². The smallest absolute Gasteiger partial charge is 0.486 e. The summed E-state index contributed by atoms with van der Waals surface area (Å²) >= 11 is 22.9. The lowest BCUT2D eigenvalue weighted by molar-refractivity contribution is -0.192. The molecule has 4 aromatic carbocycles. The highest BCUT2D eigenvalue weighted by molar-refractivity contribution is 6.32. The van der Waals surface area contributed by atoms with Gasteiger partial charge in [0.25, 0.3) is 5.91 Å². The van der Waals surface area contributed by atoms with E-state index >= 15 is 0 Å². The number of amides is 1. The number of ketones is 2. The molecule has 2 aromatic heterocycles. The first-order valence-electron chi connectivity index (χ1n) is 21.3. The van der Waals surface area contributed by atoms with E-state index in [2.05, 4.69) is 5.32 Å². The summed E-state index contributed by atoms with van der Waals surface area (Å²) in [5.74, 6) is -3.51. The van der Waals surface area contributed by atoms with Crippen LogP contribution in [0, 0.1) is 23.5 Å². The van der Waals surface area contributed by atoms with Crippen molar-refractivity contribution in [3.63, 3.8) is 0 Å². The Hall–Kier alpha value is -5.92. The number of carboxylic acids is 2. The molecule has 8 rings (SSSR count). The molecule has 13 nitrogen and oxygen atoms in total. The Morgan fingerprint density at radius 1 is 0.671 bits per heavy atom. The van der Waals surface area contributed by atoms with Crippen LogP contribution in [0.25, 0.3) is 21.9 Å². The van der Waals surface area contributed by atoms with Crippen molar-refractivity contribution < 1.29 is 74.4 Å². The number of alkyl halides is 3. The lowest BCUT2D eigenvalue weighted by Crippen LogP contribution is -2.28. The molecule has 6 aromatic rings. The lowest BCUT2D eigenvalue weighted by atomic mass is 10.0. The zero-order valence-electron chi connectivity index (χ0n) is 36.6. The second kappa shape index (κ2) is 25.8. The van der Waals surface area contributed by atoms with Gasteiger partial charge in [0.2, 0.25) is 5.76 Å². The molecule has 0 saturated carbocycles. The van der Waals surface area contributed by atoms with Crippen LogP contribution in [-0.2, 0) is 14.4 Å². The molecule has 2 fully saturated rings. The number of nitrogens with zero attached hydrogens (tertiary/aromatic N) is 1. The molecule has 2 saturated heterocycles. The Bertz CT molecular complexity index is 2800. The van der Waals surface area contributed by atoms with Gasteiger partial charge in [0.15, 0.2) is 17.3 Å². The quantitative estimate of drug-likeness (QED) is 0.0878. The molecule has 2 unspecified atom stereocenters. The molecule has 0 bridgehead atoms. The summed E-state index contributed by atoms with van der Waals surface area (Å²) in [5, 5.41) is 21.7. The van der Waals surface area contributed by atoms with Gasteiger partial charge in [-0.15, -0.1) is 0 Å². The fourth-order valence-corrected chi connectivity index (χ4v) is 7.54. The number of carbonyl (C=O) groups excluding carboxylic acids is 3. The van der Waals surface area contributed by atoms with E-state index in [1.807, 2.05) is 0 Å². The number of Topliss-reactive ketones (excluding diaryl/α,β-unsaturated/α-hetero) is 2. The summed E-state index contributed by atoms with van der Waals surface area (Å²) in [7, 11) is 0. The minimum atomic E-state index is -5.08. The minimum Gasteiger partial charge on any atom is -0.486 e. The third-order valence-electron chi connectivity index (χ3n) is 10.6. The Kier molecular flexibility index (Phi) is 20.3. The summed E-state index contributed by atoms with van der Waals surface area (Å²) < 4.78 is 79.6. The standard InChI is InChI=1S/C23H20Cl2FNO4.C14H17ClFNO2.C9H5ClO3.C2HF3O2/c24-16-2-6-21-15(9-16)10-22(31-21)23(29)27-8-7-14(12-27)1-3-17(28)13-30-18-4-5-19(25)20(26)11-18;15-13-4-3-12(7-14(13)16)19-9-11(18)2-1-10-5-6-17-8-10;10-6-1-2-7-5(3-6)4-8(13-7)9(11)12;3-2(4,5)1(6)7/h2,4-6,9-11,14H,1,3,7-8,12-13H2;3-4,7,10,17H,1-2,5-6,8-9H2;1-4H,(H,11,12);(H,6,7). The maximum atomic E-state index is 13.4. The van der Waals surface area contributed by atoms with Crippen LogP contribution in [0.1, 0.15) is 59.6 Å². The number of hydrogen-bond donors (Lipinski definition) is 3. The summed E-state index contributed by atoms with van der Waals surface area (Å²) in [6, 6.07) is 21.6. The molecule has 2 aliphatic rings. The number of furan rings is 2. The number of likely N-dealkylation sites (tertiary alicyclic amines) is 1. The summed E-state index contributed by atoms with van der Waals surface area (Å²) in [4.78, 5) is 57.7. The summed E-state index contributed by atoms with van der Waals surface area (Å²) in [6.07, 6.45) is -0.708. The van der Waals surface area contributed by atoms with Gasteiger partial charge in [-0.25, -0.2) is 18.4 Å². The highest BCUT2D eigenvalue weighted by atomic mass is 35.5. The third kappa shape index (κ3) is 17.2. The van der Waals surface area contributed by atoms with E-state index in [1.54, 1.807) is 53.4 Å². The zero-order chi connectivity index (χ0) is 51.1. The second-order valence-electron chi connectivity index (χ2n) is 15.8. The second-order valence-corrected chi connectivity index (χ2v) is 17.5. The predicted octanol–water partition coefficient (Wildman–Crippen LogP) is 12.0. The van der Waals surface area contributed by atoms with Gasteiger partial charge in [0.1, 0.15) is 47.5 Å². The van der Waals surface area contributed by atoms with Crippen molar-refractivity contribution in [3.8, 4) is 11.5 Å². The first-order chi connectivity index (χ1) is 33.1. The van der Waals surface area contributed by atoms with Gasteiger partial charge in [0, 0.05) is 58.9 Å². The van der Waals surface area contributed by atoms with Crippen LogP contribution in [0.3, 0.4) is 0 Å². The van der Waals surface area contributed by atoms with Crippen LogP contribution in [0.4, 0.5) is 22.0 Å². The van der Waals surface area contributed by atoms with Crippen molar-refractivity contribution >= 4 is 97.8 Å². The molecular formula is C48H43Cl4F5N2O11. The van der Waals surface area contributed by atoms with Crippen molar-refractivity contribution in [2.75, 3.05) is 39.4 Å². The van der Waals surface area contributed by atoms with Gasteiger partial charge in [-0.1, -0.05) is 46.4 Å². The lowest BCUT2D eigenvalue weighted by Gasteiger charge is -2.15. The first kappa shape index (κ1) is 55.0. The fraction of sp³-hybridized carbons (Fsp3) is 0.312. The zero-order valence-corrected chi connectivity index (χ0v) is 39.7. The Labute approximate surface area is 416 Å². The minimum absolute atomic E-state index is 0.00505. The number of ether oxygens (including phenoxy) is 2. The maximum Gasteiger partial charge on any atom is 0.490 e. The van der Waals surface area contributed by atoms with Crippen molar-refractivity contribution in [1.29, 1.82) is 0 Å². The van der Waals surface area contributed by atoms with Crippen LogP contribution in [0.15, 0.2) is 93.8 Å². The van der Waals surface area contributed by atoms with Gasteiger partial charge in [0.05, 0.1) is 10.0 Å². The van der Waals surface area contributed by atoms with Crippen LogP contribution < -0.4 is 14.8 Å². The predicted molar refractivity (Wildman–Crippen MR) is 250 cm³/mol. The number of halogens is 9. The molecule has 0 radical (unpaired) electrons. The van der Waals surface area contributed by atoms with E-state index < -0.39 is 29.7 Å². The number of nitrogens with one attached hydrogen (secondary N) is 1. The highest BCUT2D eigenvalue weighted by Crippen LogP contribution is 2.28. The maximum absolute atomic E-state index is 13.4.